The molecule has 0 aliphatic heterocycles. The van der Waals surface area contributed by atoms with E-state index in [-0.39, 0.29) is 46.6 Å². The van der Waals surface area contributed by atoms with Crippen LogP contribution in [0.15, 0.2) is 30.3 Å². The first kappa shape index (κ1) is 28.6. The molecule has 2 aromatic carbocycles. The highest BCUT2D eigenvalue weighted by atomic mass is 35.5. The van der Waals surface area contributed by atoms with Gasteiger partial charge in [-0.25, -0.2) is 8.78 Å². The van der Waals surface area contributed by atoms with Gasteiger partial charge in [0.2, 0.25) is 5.91 Å². The van der Waals surface area contributed by atoms with Crippen LogP contribution in [0.3, 0.4) is 0 Å². The monoisotopic (exact) mass is 508 g/mol. The average Bonchev–Trinajstić information content (AvgIpc) is 2.72. The van der Waals surface area contributed by atoms with Crippen LogP contribution in [0.2, 0.25) is 5.02 Å². The van der Waals surface area contributed by atoms with Crippen LogP contribution in [0.1, 0.15) is 64.5 Å². The second-order valence-corrected chi connectivity index (χ2v) is 10.2. The van der Waals surface area contributed by atoms with Crippen LogP contribution in [0.4, 0.5) is 20.2 Å². The predicted octanol–water partition coefficient (Wildman–Crippen LogP) is 6.89. The lowest BCUT2D eigenvalue weighted by atomic mass is 9.92. The summed E-state index contributed by atoms with van der Waals surface area (Å²) in [5.74, 6) is -2.56. The van der Waals surface area contributed by atoms with Gasteiger partial charge in [0.25, 0.3) is 0 Å². The number of aliphatic carboxylic acids is 1. The fourth-order valence-corrected chi connectivity index (χ4v) is 4.31. The minimum absolute atomic E-state index is 0.152. The van der Waals surface area contributed by atoms with E-state index in [1.807, 2.05) is 39.5 Å². The van der Waals surface area contributed by atoms with E-state index in [0.717, 1.165) is 6.07 Å². The number of anilines is 2. The lowest BCUT2D eigenvalue weighted by Crippen LogP contribution is -2.33. The standard InChI is InChI=1S/C27H35ClF2N2O3/c1-6-18(12-26(34)35)20-9-23(30)27(32(14-16(2)3)15-17(4)5)24(10-20)31-25(33)11-19-7-8-21(28)13-22(19)29/h7-10,13,16-18H,6,11-12,14-15H2,1-5H3,(H,31,33)(H,34,35). The van der Waals surface area contributed by atoms with E-state index in [9.17, 15) is 19.1 Å². The number of halogens is 3. The Hall–Kier alpha value is -2.67. The number of benzene rings is 2. The maximum Gasteiger partial charge on any atom is 0.303 e. The van der Waals surface area contributed by atoms with E-state index in [1.165, 1.54) is 18.2 Å². The van der Waals surface area contributed by atoms with Gasteiger partial charge in [-0.1, -0.05) is 52.3 Å². The molecule has 2 aromatic rings. The Labute approximate surface area is 211 Å². The first-order chi connectivity index (χ1) is 16.4. The zero-order chi connectivity index (χ0) is 26.3. The molecule has 1 unspecified atom stereocenters. The van der Waals surface area contributed by atoms with Crippen molar-refractivity contribution in [2.24, 2.45) is 11.8 Å². The van der Waals surface area contributed by atoms with Crippen LogP contribution in [0.5, 0.6) is 0 Å². The second-order valence-electron chi connectivity index (χ2n) is 9.76. The Morgan fingerprint density at radius 3 is 2.17 bits per heavy atom. The van der Waals surface area contributed by atoms with Crippen molar-refractivity contribution in [1.82, 2.24) is 0 Å². The number of nitrogens with zero attached hydrogens (tertiary/aromatic N) is 1. The molecule has 2 N–H and O–H groups in total. The maximum absolute atomic E-state index is 15.7. The molecule has 0 aliphatic carbocycles. The van der Waals surface area contributed by atoms with Gasteiger partial charge in [-0.3, -0.25) is 9.59 Å². The highest BCUT2D eigenvalue weighted by molar-refractivity contribution is 6.30. The molecule has 0 aromatic heterocycles. The smallest absolute Gasteiger partial charge is 0.303 e. The van der Waals surface area contributed by atoms with Gasteiger partial charge in [0, 0.05) is 18.1 Å². The highest BCUT2D eigenvalue weighted by Gasteiger charge is 2.24. The molecular weight excluding hydrogens is 474 g/mol. The van der Waals surface area contributed by atoms with E-state index in [2.05, 4.69) is 5.32 Å². The van der Waals surface area contributed by atoms with Crippen molar-refractivity contribution >= 4 is 34.9 Å². The quantitative estimate of drug-likeness (QED) is 0.327. The Morgan fingerprint density at radius 1 is 1.03 bits per heavy atom. The van der Waals surface area contributed by atoms with Crippen molar-refractivity contribution in [2.45, 2.75) is 59.8 Å². The summed E-state index contributed by atoms with van der Waals surface area (Å²) in [5, 5.41) is 12.3. The lowest BCUT2D eigenvalue weighted by Gasteiger charge is -2.31. The molecule has 35 heavy (non-hydrogen) atoms. The topological polar surface area (TPSA) is 69.6 Å². The summed E-state index contributed by atoms with van der Waals surface area (Å²) in [6.07, 6.45) is 0.0888. The number of rotatable bonds is 12. The average molecular weight is 509 g/mol. The number of nitrogens with one attached hydrogen (secondary N) is 1. The van der Waals surface area contributed by atoms with Gasteiger partial charge < -0.3 is 15.3 Å². The van der Waals surface area contributed by atoms with Crippen LogP contribution in [0.25, 0.3) is 0 Å². The summed E-state index contributed by atoms with van der Waals surface area (Å²) in [4.78, 5) is 26.2. The number of carboxylic acid groups (broad SMARTS) is 1. The first-order valence-electron chi connectivity index (χ1n) is 11.9. The number of amides is 1. The molecule has 192 valence electrons. The van der Waals surface area contributed by atoms with Gasteiger partial charge in [-0.2, -0.15) is 0 Å². The minimum Gasteiger partial charge on any atom is -0.481 e. The zero-order valence-corrected chi connectivity index (χ0v) is 21.8. The van der Waals surface area contributed by atoms with E-state index in [4.69, 9.17) is 11.6 Å². The summed E-state index contributed by atoms with van der Waals surface area (Å²) in [6.45, 7) is 11.1. The third-order valence-electron chi connectivity index (χ3n) is 5.60. The van der Waals surface area contributed by atoms with Gasteiger partial charge in [-0.15, -0.1) is 0 Å². The first-order valence-corrected chi connectivity index (χ1v) is 12.3. The van der Waals surface area contributed by atoms with Crippen molar-refractivity contribution < 1.29 is 23.5 Å². The Kier molecular flexibility index (Phi) is 10.5. The minimum atomic E-state index is -0.980. The molecule has 0 saturated carbocycles. The Balaban J connectivity index is 2.53. The summed E-state index contributed by atoms with van der Waals surface area (Å²) in [6, 6.07) is 7.11. The fraction of sp³-hybridized carbons (Fsp3) is 0.481. The Bertz CT molecular complexity index is 1030. The number of carbonyl (C=O) groups excluding carboxylic acids is 1. The number of carbonyl (C=O) groups is 2. The third-order valence-corrected chi connectivity index (χ3v) is 5.83. The van der Waals surface area contributed by atoms with Crippen molar-refractivity contribution in [3.8, 4) is 0 Å². The maximum atomic E-state index is 15.7. The molecule has 8 heteroatoms. The van der Waals surface area contributed by atoms with E-state index in [1.54, 1.807) is 6.07 Å². The third kappa shape index (κ3) is 8.49. The van der Waals surface area contributed by atoms with Gasteiger partial charge in [0.15, 0.2) is 0 Å². The van der Waals surface area contributed by atoms with Crippen molar-refractivity contribution in [3.63, 3.8) is 0 Å². The Morgan fingerprint density at radius 2 is 1.66 bits per heavy atom. The molecule has 0 saturated heterocycles. The second kappa shape index (κ2) is 12.9. The molecule has 0 spiro atoms. The number of carboxylic acids is 1. The summed E-state index contributed by atoms with van der Waals surface area (Å²) in [7, 11) is 0. The van der Waals surface area contributed by atoms with Crippen molar-refractivity contribution in [1.29, 1.82) is 0 Å². The predicted molar refractivity (Wildman–Crippen MR) is 137 cm³/mol. The molecule has 1 amide bonds. The molecule has 1 atom stereocenters. The van der Waals surface area contributed by atoms with Crippen molar-refractivity contribution in [2.75, 3.05) is 23.3 Å². The van der Waals surface area contributed by atoms with E-state index < -0.39 is 29.4 Å². The normalized spacial score (nSPS) is 12.2. The van der Waals surface area contributed by atoms with Crippen LogP contribution >= 0.6 is 11.6 Å². The van der Waals surface area contributed by atoms with Crippen LogP contribution in [-0.2, 0) is 16.0 Å². The molecule has 0 heterocycles. The lowest BCUT2D eigenvalue weighted by molar-refractivity contribution is -0.137. The largest absolute Gasteiger partial charge is 0.481 e. The molecule has 5 nitrogen and oxygen atoms in total. The fourth-order valence-electron chi connectivity index (χ4n) is 4.15. The molecule has 0 fully saturated rings. The summed E-state index contributed by atoms with van der Waals surface area (Å²) < 4.78 is 29.9. The molecule has 0 radical (unpaired) electrons. The highest BCUT2D eigenvalue weighted by Crippen LogP contribution is 2.36. The zero-order valence-electron chi connectivity index (χ0n) is 21.0. The van der Waals surface area contributed by atoms with Crippen LogP contribution in [0, 0.1) is 23.5 Å². The van der Waals surface area contributed by atoms with Crippen LogP contribution < -0.4 is 10.2 Å². The molecule has 0 aliphatic rings. The summed E-state index contributed by atoms with van der Waals surface area (Å²) >= 11 is 5.81. The van der Waals surface area contributed by atoms with Gasteiger partial charge in [0.05, 0.1) is 24.2 Å². The van der Waals surface area contributed by atoms with Crippen molar-refractivity contribution in [3.05, 3.63) is 58.1 Å². The SMILES string of the molecule is CCC(CC(=O)O)c1cc(F)c(N(CC(C)C)CC(C)C)c(NC(=O)Cc2ccc(Cl)cc2F)c1. The van der Waals surface area contributed by atoms with E-state index in [0.29, 0.717) is 25.1 Å². The van der Waals surface area contributed by atoms with Gasteiger partial charge >= 0.3 is 5.97 Å². The van der Waals surface area contributed by atoms with E-state index >= 15 is 4.39 Å². The number of hydrogen-bond acceptors (Lipinski definition) is 3. The van der Waals surface area contributed by atoms with Crippen LogP contribution in [-0.4, -0.2) is 30.1 Å². The number of hydrogen-bond donors (Lipinski definition) is 2. The van der Waals surface area contributed by atoms with Gasteiger partial charge in [-0.05, 0) is 59.6 Å². The molecular formula is C27H35ClF2N2O3. The van der Waals surface area contributed by atoms with Gasteiger partial charge in [0.1, 0.15) is 11.6 Å². The molecule has 2 rings (SSSR count). The molecule has 0 bridgehead atoms. The summed E-state index contributed by atoms with van der Waals surface area (Å²) in [5.41, 5.74) is 1.18.